The molecule has 2 amide bonds. The monoisotopic (exact) mass is 268 g/mol. The lowest BCUT2D eigenvalue weighted by atomic mass is 10.1. The number of anilines is 1. The minimum Gasteiger partial charge on any atom is -0.360 e. The Hall–Kier alpha value is -1.89. The van der Waals surface area contributed by atoms with Gasteiger partial charge in [-0.2, -0.15) is 0 Å². The molecule has 0 saturated heterocycles. The van der Waals surface area contributed by atoms with E-state index in [1.54, 1.807) is 27.1 Å². The maximum absolute atomic E-state index is 11.9. The average molecular weight is 268 g/mol. The highest BCUT2D eigenvalue weighted by atomic mass is 16.5. The Morgan fingerprint density at radius 2 is 2.21 bits per heavy atom. The van der Waals surface area contributed by atoms with E-state index in [4.69, 9.17) is 4.52 Å². The Morgan fingerprint density at radius 1 is 1.53 bits per heavy atom. The highest BCUT2D eigenvalue weighted by molar-refractivity contribution is 5.94. The van der Waals surface area contributed by atoms with Gasteiger partial charge in [0.1, 0.15) is 5.76 Å². The van der Waals surface area contributed by atoms with E-state index in [1.165, 1.54) is 4.90 Å². The molecule has 0 aliphatic rings. The highest BCUT2D eigenvalue weighted by Crippen LogP contribution is 2.07. The molecule has 7 heteroatoms. The van der Waals surface area contributed by atoms with Gasteiger partial charge in [0.25, 0.3) is 0 Å². The molecule has 0 saturated carbocycles. The normalized spacial score (nSPS) is 12.0. The zero-order chi connectivity index (χ0) is 14.4. The second kappa shape index (κ2) is 6.89. The summed E-state index contributed by atoms with van der Waals surface area (Å²) in [7, 11) is 3.38. The SMILES string of the molecule is CNCC(C)C(=O)N(C)CC(=O)Nc1cc(C)on1. The number of rotatable bonds is 6. The molecule has 0 bridgehead atoms. The van der Waals surface area contributed by atoms with Crippen LogP contribution in [0.3, 0.4) is 0 Å². The molecule has 2 N–H and O–H groups in total. The predicted octanol–water partition coefficient (Wildman–Crippen LogP) is 0.235. The number of amides is 2. The molecule has 19 heavy (non-hydrogen) atoms. The Labute approximate surface area is 112 Å². The fourth-order valence-electron chi connectivity index (χ4n) is 1.67. The van der Waals surface area contributed by atoms with Crippen LogP contribution >= 0.6 is 0 Å². The first-order valence-electron chi connectivity index (χ1n) is 6.06. The molecule has 7 nitrogen and oxygen atoms in total. The molecule has 0 aliphatic carbocycles. The van der Waals surface area contributed by atoms with Crippen molar-refractivity contribution >= 4 is 17.6 Å². The number of likely N-dealkylation sites (N-methyl/N-ethyl adjacent to an activating group) is 1. The topological polar surface area (TPSA) is 87.5 Å². The van der Waals surface area contributed by atoms with Crippen LogP contribution in [0.2, 0.25) is 0 Å². The first kappa shape index (κ1) is 15.2. The lowest BCUT2D eigenvalue weighted by Gasteiger charge is -2.20. The summed E-state index contributed by atoms with van der Waals surface area (Å²) in [6, 6.07) is 1.61. The van der Waals surface area contributed by atoms with Crippen LogP contribution in [0.4, 0.5) is 5.82 Å². The summed E-state index contributed by atoms with van der Waals surface area (Å²) in [4.78, 5) is 25.0. The second-order valence-corrected chi connectivity index (χ2v) is 4.52. The van der Waals surface area contributed by atoms with Gasteiger partial charge in [-0.05, 0) is 14.0 Å². The van der Waals surface area contributed by atoms with Crippen molar-refractivity contribution in [3.63, 3.8) is 0 Å². The minimum absolute atomic E-state index is 0.0151. The summed E-state index contributed by atoms with van der Waals surface area (Å²) < 4.78 is 4.83. The molecule has 1 rings (SSSR count). The molecule has 0 aromatic carbocycles. The van der Waals surface area contributed by atoms with Crippen LogP contribution in [-0.2, 0) is 9.59 Å². The third-order valence-electron chi connectivity index (χ3n) is 2.58. The van der Waals surface area contributed by atoms with Gasteiger partial charge in [-0.15, -0.1) is 0 Å². The van der Waals surface area contributed by atoms with Gasteiger partial charge >= 0.3 is 0 Å². The van der Waals surface area contributed by atoms with Crippen LogP contribution in [-0.4, -0.2) is 49.1 Å². The first-order valence-corrected chi connectivity index (χ1v) is 6.06. The smallest absolute Gasteiger partial charge is 0.245 e. The van der Waals surface area contributed by atoms with E-state index < -0.39 is 0 Å². The molecule has 1 aromatic rings. The molecule has 1 aromatic heterocycles. The van der Waals surface area contributed by atoms with E-state index in [-0.39, 0.29) is 24.3 Å². The summed E-state index contributed by atoms with van der Waals surface area (Å²) in [5.41, 5.74) is 0. The van der Waals surface area contributed by atoms with Gasteiger partial charge in [0.05, 0.1) is 6.54 Å². The number of aromatic nitrogens is 1. The summed E-state index contributed by atoms with van der Waals surface area (Å²) in [5.74, 6) is 0.410. The molecular weight excluding hydrogens is 248 g/mol. The van der Waals surface area contributed by atoms with Crippen LogP contribution in [0.25, 0.3) is 0 Å². The van der Waals surface area contributed by atoms with Crippen molar-refractivity contribution in [2.24, 2.45) is 5.92 Å². The number of carbonyl (C=O) groups is 2. The fraction of sp³-hybridized carbons (Fsp3) is 0.583. The van der Waals surface area contributed by atoms with Gasteiger partial charge in [0.15, 0.2) is 5.82 Å². The van der Waals surface area contributed by atoms with Gasteiger partial charge in [-0.3, -0.25) is 9.59 Å². The van der Waals surface area contributed by atoms with Gasteiger partial charge in [0.2, 0.25) is 11.8 Å². The van der Waals surface area contributed by atoms with Gasteiger partial charge in [-0.25, -0.2) is 0 Å². The number of hydrogen-bond acceptors (Lipinski definition) is 5. The Bertz CT molecular complexity index is 444. The molecule has 0 aliphatic heterocycles. The van der Waals surface area contributed by atoms with E-state index in [1.807, 2.05) is 6.92 Å². The van der Waals surface area contributed by atoms with Crippen molar-refractivity contribution < 1.29 is 14.1 Å². The maximum atomic E-state index is 11.9. The highest BCUT2D eigenvalue weighted by Gasteiger charge is 2.19. The Balaban J connectivity index is 2.45. The third kappa shape index (κ3) is 4.70. The summed E-state index contributed by atoms with van der Waals surface area (Å²) in [5, 5.41) is 9.15. The van der Waals surface area contributed by atoms with Crippen molar-refractivity contribution in [2.45, 2.75) is 13.8 Å². The number of carbonyl (C=O) groups excluding carboxylic acids is 2. The van der Waals surface area contributed by atoms with E-state index >= 15 is 0 Å². The largest absolute Gasteiger partial charge is 0.360 e. The zero-order valence-electron chi connectivity index (χ0n) is 11.7. The molecule has 1 unspecified atom stereocenters. The lowest BCUT2D eigenvalue weighted by molar-refractivity contribution is -0.136. The third-order valence-corrected chi connectivity index (χ3v) is 2.58. The molecule has 1 atom stereocenters. The minimum atomic E-state index is -0.305. The van der Waals surface area contributed by atoms with Crippen molar-refractivity contribution in [1.82, 2.24) is 15.4 Å². The van der Waals surface area contributed by atoms with Crippen LogP contribution in [0.1, 0.15) is 12.7 Å². The first-order chi connectivity index (χ1) is 8.93. The molecule has 0 spiro atoms. The maximum Gasteiger partial charge on any atom is 0.245 e. The molecular formula is C12H20N4O3. The molecule has 1 heterocycles. The molecule has 106 valence electrons. The average Bonchev–Trinajstić information content (AvgIpc) is 2.73. The summed E-state index contributed by atoms with van der Waals surface area (Å²) in [6.07, 6.45) is 0. The quantitative estimate of drug-likeness (QED) is 0.771. The van der Waals surface area contributed by atoms with Crippen molar-refractivity contribution in [2.75, 3.05) is 32.5 Å². The van der Waals surface area contributed by atoms with E-state index in [0.717, 1.165) is 0 Å². The number of aryl methyl sites for hydroxylation is 1. The number of hydrogen-bond donors (Lipinski definition) is 2. The van der Waals surface area contributed by atoms with E-state index in [2.05, 4.69) is 15.8 Å². The van der Waals surface area contributed by atoms with Gasteiger partial charge in [-0.1, -0.05) is 12.1 Å². The van der Waals surface area contributed by atoms with Crippen LogP contribution in [0.5, 0.6) is 0 Å². The van der Waals surface area contributed by atoms with Crippen molar-refractivity contribution in [1.29, 1.82) is 0 Å². The van der Waals surface area contributed by atoms with Crippen LogP contribution < -0.4 is 10.6 Å². The van der Waals surface area contributed by atoms with Crippen LogP contribution in [0, 0.1) is 12.8 Å². The van der Waals surface area contributed by atoms with Crippen LogP contribution in [0.15, 0.2) is 10.6 Å². The molecule has 0 radical (unpaired) electrons. The Kier molecular flexibility index (Phi) is 5.50. The zero-order valence-corrected chi connectivity index (χ0v) is 11.7. The standard InChI is InChI=1S/C12H20N4O3/c1-8(6-13-3)12(18)16(4)7-11(17)14-10-5-9(2)19-15-10/h5,8,13H,6-7H2,1-4H3,(H,14,15,17). The van der Waals surface area contributed by atoms with E-state index in [9.17, 15) is 9.59 Å². The van der Waals surface area contributed by atoms with Crippen molar-refractivity contribution in [3.05, 3.63) is 11.8 Å². The lowest BCUT2D eigenvalue weighted by Crippen LogP contribution is -2.40. The van der Waals surface area contributed by atoms with Gasteiger partial charge in [0, 0.05) is 25.6 Å². The summed E-state index contributed by atoms with van der Waals surface area (Å²) >= 11 is 0. The molecule has 0 fully saturated rings. The second-order valence-electron chi connectivity index (χ2n) is 4.52. The number of nitrogens with one attached hydrogen (secondary N) is 2. The fourth-order valence-corrected chi connectivity index (χ4v) is 1.67. The Morgan fingerprint density at radius 3 is 2.74 bits per heavy atom. The summed E-state index contributed by atoms with van der Waals surface area (Å²) in [6.45, 7) is 4.11. The number of nitrogens with zero attached hydrogens (tertiary/aromatic N) is 2. The van der Waals surface area contributed by atoms with E-state index in [0.29, 0.717) is 18.1 Å². The van der Waals surface area contributed by atoms with Gasteiger partial charge < -0.3 is 20.1 Å². The predicted molar refractivity (Wildman–Crippen MR) is 70.6 cm³/mol. The van der Waals surface area contributed by atoms with Crippen molar-refractivity contribution in [3.8, 4) is 0 Å².